The minimum atomic E-state index is 0.427. The van der Waals surface area contributed by atoms with Gasteiger partial charge >= 0.3 is 0 Å². The smallest absolute Gasteiger partial charge is 0.0181 e. The highest BCUT2D eigenvalue weighted by molar-refractivity contribution is 9.10. The van der Waals surface area contributed by atoms with E-state index in [-0.39, 0.29) is 0 Å². The second-order valence-corrected chi connectivity index (χ2v) is 6.42. The molecule has 1 aromatic carbocycles. The summed E-state index contributed by atoms with van der Waals surface area (Å²) in [5, 5.41) is 0. The first-order valence-electron chi connectivity index (χ1n) is 5.81. The van der Waals surface area contributed by atoms with Gasteiger partial charge in [0.1, 0.15) is 0 Å². The van der Waals surface area contributed by atoms with Crippen molar-refractivity contribution in [3.05, 3.63) is 39.9 Å². The van der Waals surface area contributed by atoms with Crippen LogP contribution < -0.4 is 0 Å². The van der Waals surface area contributed by atoms with E-state index in [2.05, 4.69) is 74.0 Å². The van der Waals surface area contributed by atoms with Crippen LogP contribution in [-0.4, -0.2) is 0 Å². The molecule has 0 radical (unpaired) electrons. The Morgan fingerprint density at radius 2 is 1.94 bits per heavy atom. The second-order valence-electron chi connectivity index (χ2n) is 5.50. The lowest BCUT2D eigenvalue weighted by Gasteiger charge is -2.16. The Morgan fingerprint density at radius 3 is 2.56 bits per heavy atom. The molecule has 0 nitrogen and oxygen atoms in total. The first-order valence-corrected chi connectivity index (χ1v) is 6.60. The molecule has 16 heavy (non-hydrogen) atoms. The zero-order chi connectivity index (χ0) is 12.2. The fourth-order valence-corrected chi connectivity index (χ4v) is 1.90. The molecule has 0 fully saturated rings. The van der Waals surface area contributed by atoms with Gasteiger partial charge in [-0.1, -0.05) is 54.9 Å². The molecule has 0 aromatic heterocycles. The van der Waals surface area contributed by atoms with Crippen molar-refractivity contribution < 1.29 is 0 Å². The van der Waals surface area contributed by atoms with Crippen LogP contribution in [-0.2, 0) is 0 Å². The second kappa shape index (κ2) is 5.67. The molecule has 0 N–H and O–H groups in total. The summed E-state index contributed by atoms with van der Waals surface area (Å²) in [6, 6.07) is 6.40. The van der Waals surface area contributed by atoms with Crippen molar-refractivity contribution in [2.75, 3.05) is 0 Å². The standard InChI is InChI=1S/C15H21Br/c1-12-8-9-14(16)11-13(12)7-5-6-10-15(2,3)4/h5,7-9,11H,6,10H2,1-4H3. The molecule has 0 aliphatic carbocycles. The molecule has 0 spiro atoms. The van der Waals surface area contributed by atoms with Gasteiger partial charge in [0.2, 0.25) is 0 Å². The third-order valence-electron chi connectivity index (χ3n) is 2.60. The van der Waals surface area contributed by atoms with Crippen molar-refractivity contribution in [1.82, 2.24) is 0 Å². The Kier molecular flexibility index (Phi) is 4.79. The zero-order valence-electron chi connectivity index (χ0n) is 10.7. The van der Waals surface area contributed by atoms with Gasteiger partial charge in [-0.05, 0) is 48.4 Å². The molecular weight excluding hydrogens is 260 g/mol. The molecule has 0 saturated carbocycles. The summed E-state index contributed by atoms with van der Waals surface area (Å²) in [6.45, 7) is 9.00. The number of benzene rings is 1. The molecule has 1 rings (SSSR count). The van der Waals surface area contributed by atoms with Crippen LogP contribution in [0, 0.1) is 12.3 Å². The van der Waals surface area contributed by atoms with Gasteiger partial charge in [0.15, 0.2) is 0 Å². The van der Waals surface area contributed by atoms with Crippen LogP contribution in [0.3, 0.4) is 0 Å². The van der Waals surface area contributed by atoms with Crippen molar-refractivity contribution in [2.24, 2.45) is 5.41 Å². The highest BCUT2D eigenvalue weighted by Gasteiger charge is 2.07. The quantitative estimate of drug-likeness (QED) is 0.676. The van der Waals surface area contributed by atoms with E-state index in [1.807, 2.05) is 0 Å². The summed E-state index contributed by atoms with van der Waals surface area (Å²) < 4.78 is 1.15. The van der Waals surface area contributed by atoms with Gasteiger partial charge in [-0.15, -0.1) is 0 Å². The van der Waals surface area contributed by atoms with Gasteiger partial charge < -0.3 is 0 Å². The van der Waals surface area contributed by atoms with Crippen LogP contribution in [0.25, 0.3) is 6.08 Å². The molecule has 1 heteroatoms. The Labute approximate surface area is 108 Å². The third-order valence-corrected chi connectivity index (χ3v) is 3.09. The zero-order valence-corrected chi connectivity index (χ0v) is 12.3. The van der Waals surface area contributed by atoms with Crippen LogP contribution >= 0.6 is 15.9 Å². The van der Waals surface area contributed by atoms with Crippen LogP contribution in [0.5, 0.6) is 0 Å². The van der Waals surface area contributed by atoms with E-state index in [0.717, 1.165) is 10.9 Å². The number of hydrogen-bond donors (Lipinski definition) is 0. The van der Waals surface area contributed by atoms with Crippen molar-refractivity contribution in [3.8, 4) is 0 Å². The predicted molar refractivity (Wildman–Crippen MR) is 76.6 cm³/mol. The topological polar surface area (TPSA) is 0 Å². The molecule has 88 valence electrons. The molecule has 0 saturated heterocycles. The molecule has 0 unspecified atom stereocenters. The van der Waals surface area contributed by atoms with Gasteiger partial charge in [-0.2, -0.15) is 0 Å². The van der Waals surface area contributed by atoms with E-state index in [9.17, 15) is 0 Å². The number of rotatable bonds is 3. The third kappa shape index (κ3) is 4.98. The highest BCUT2D eigenvalue weighted by Crippen LogP contribution is 2.22. The fourth-order valence-electron chi connectivity index (χ4n) is 1.52. The Hall–Kier alpha value is -0.560. The minimum absolute atomic E-state index is 0.427. The molecule has 0 aliphatic heterocycles. The lowest BCUT2D eigenvalue weighted by atomic mass is 9.90. The maximum Gasteiger partial charge on any atom is 0.0181 e. The SMILES string of the molecule is Cc1ccc(Br)cc1C=CCCC(C)(C)C. The average Bonchev–Trinajstić information content (AvgIpc) is 2.16. The summed E-state index contributed by atoms with van der Waals surface area (Å²) in [7, 11) is 0. The van der Waals surface area contributed by atoms with Crippen LogP contribution in [0.4, 0.5) is 0 Å². The maximum absolute atomic E-state index is 3.50. The summed E-state index contributed by atoms with van der Waals surface area (Å²) in [6.07, 6.45) is 6.89. The summed E-state index contributed by atoms with van der Waals surface area (Å²) in [5.74, 6) is 0. The normalized spacial score (nSPS) is 12.3. The molecule has 0 bridgehead atoms. The van der Waals surface area contributed by atoms with Crippen molar-refractivity contribution in [3.63, 3.8) is 0 Å². The number of hydrogen-bond acceptors (Lipinski definition) is 0. The summed E-state index contributed by atoms with van der Waals surface area (Å²) >= 11 is 3.50. The van der Waals surface area contributed by atoms with Crippen molar-refractivity contribution in [1.29, 1.82) is 0 Å². The molecular formula is C15H21Br. The van der Waals surface area contributed by atoms with Crippen molar-refractivity contribution >= 4 is 22.0 Å². The fraction of sp³-hybridized carbons (Fsp3) is 0.467. The number of aryl methyl sites for hydroxylation is 1. The molecule has 0 atom stereocenters. The first-order chi connectivity index (χ1) is 7.38. The molecule has 0 heterocycles. The molecule has 0 amide bonds. The van der Waals surface area contributed by atoms with Gasteiger partial charge in [-0.25, -0.2) is 0 Å². The van der Waals surface area contributed by atoms with Gasteiger partial charge in [0.05, 0.1) is 0 Å². The van der Waals surface area contributed by atoms with Crippen LogP contribution in [0.2, 0.25) is 0 Å². The molecule has 1 aromatic rings. The Morgan fingerprint density at radius 1 is 1.25 bits per heavy atom. The van der Waals surface area contributed by atoms with E-state index in [0.29, 0.717) is 5.41 Å². The average molecular weight is 281 g/mol. The Balaban J connectivity index is 2.59. The Bertz CT molecular complexity index is 370. The number of halogens is 1. The van der Waals surface area contributed by atoms with Crippen molar-refractivity contribution in [2.45, 2.75) is 40.5 Å². The van der Waals surface area contributed by atoms with Gasteiger partial charge in [0, 0.05) is 4.47 Å². The minimum Gasteiger partial charge on any atom is -0.0839 e. The summed E-state index contributed by atoms with van der Waals surface area (Å²) in [4.78, 5) is 0. The predicted octanol–water partition coefficient (Wildman–Crippen LogP) is 5.60. The van der Waals surface area contributed by atoms with Gasteiger partial charge in [-0.3, -0.25) is 0 Å². The highest BCUT2D eigenvalue weighted by atomic mass is 79.9. The first kappa shape index (κ1) is 13.5. The summed E-state index contributed by atoms with van der Waals surface area (Å²) in [5.41, 5.74) is 3.06. The van der Waals surface area contributed by atoms with E-state index >= 15 is 0 Å². The molecule has 0 aliphatic rings. The maximum atomic E-state index is 3.50. The van der Waals surface area contributed by atoms with E-state index < -0.39 is 0 Å². The van der Waals surface area contributed by atoms with Crippen LogP contribution in [0.1, 0.15) is 44.7 Å². The van der Waals surface area contributed by atoms with E-state index in [1.54, 1.807) is 0 Å². The lowest BCUT2D eigenvalue weighted by Crippen LogP contribution is -2.02. The number of allylic oxidation sites excluding steroid dienone is 1. The van der Waals surface area contributed by atoms with E-state index in [1.165, 1.54) is 17.5 Å². The van der Waals surface area contributed by atoms with Crippen LogP contribution in [0.15, 0.2) is 28.7 Å². The lowest BCUT2D eigenvalue weighted by molar-refractivity contribution is 0.382. The largest absolute Gasteiger partial charge is 0.0839 e. The van der Waals surface area contributed by atoms with E-state index in [4.69, 9.17) is 0 Å². The monoisotopic (exact) mass is 280 g/mol. The van der Waals surface area contributed by atoms with Gasteiger partial charge in [0.25, 0.3) is 0 Å².